The molecule has 1 N–H and O–H groups in total. The smallest absolute Gasteiger partial charge is 0.412 e. The first-order valence-corrected chi connectivity index (χ1v) is 5.59. The summed E-state index contributed by atoms with van der Waals surface area (Å²) in [5.74, 6) is -0.900. The lowest BCUT2D eigenvalue weighted by Gasteiger charge is -2.20. The zero-order valence-corrected chi connectivity index (χ0v) is 11.2. The molecule has 0 atom stereocenters. The fraction of sp³-hybridized carbons (Fsp3) is 0.385. The lowest BCUT2D eigenvalue weighted by atomic mass is 10.2. The maximum atomic E-state index is 13.6. The van der Waals surface area contributed by atoms with Gasteiger partial charge >= 0.3 is 6.09 Å². The van der Waals surface area contributed by atoms with E-state index in [0.29, 0.717) is 6.29 Å². The fourth-order valence-corrected chi connectivity index (χ4v) is 1.35. The van der Waals surface area contributed by atoms with Crippen molar-refractivity contribution in [1.29, 1.82) is 0 Å². The van der Waals surface area contributed by atoms with Crippen LogP contribution >= 0.6 is 0 Å². The molecule has 1 amide bonds. The van der Waals surface area contributed by atoms with Crippen molar-refractivity contribution < 1.29 is 23.5 Å². The number of hydrogen-bond donors (Lipinski definition) is 1. The van der Waals surface area contributed by atoms with E-state index in [1.807, 2.05) is 0 Å². The van der Waals surface area contributed by atoms with Gasteiger partial charge < -0.3 is 9.47 Å². The maximum absolute atomic E-state index is 13.6. The van der Waals surface area contributed by atoms with Crippen LogP contribution in [0.5, 0.6) is 5.75 Å². The van der Waals surface area contributed by atoms with Crippen molar-refractivity contribution in [1.82, 2.24) is 0 Å². The van der Waals surface area contributed by atoms with E-state index in [9.17, 15) is 14.0 Å². The third-order valence-electron chi connectivity index (χ3n) is 2.06. The van der Waals surface area contributed by atoms with Gasteiger partial charge in [-0.25, -0.2) is 9.18 Å². The van der Waals surface area contributed by atoms with Crippen molar-refractivity contribution in [3.8, 4) is 5.75 Å². The van der Waals surface area contributed by atoms with E-state index in [2.05, 4.69) is 5.32 Å². The molecular formula is C13H16FNO4. The molecule has 1 aromatic rings. The molecule has 0 spiro atoms. The molecule has 5 nitrogen and oxygen atoms in total. The number of rotatable bonds is 3. The van der Waals surface area contributed by atoms with Crippen LogP contribution in [-0.2, 0) is 4.74 Å². The minimum absolute atomic E-state index is 0.129. The standard InChI is InChI=1S/C13H16FNO4/c1-13(2,3)19-12(17)15-9-5-8(7-16)11(14)10(6-9)18-4/h5-7H,1-4H3,(H,15,17). The van der Waals surface area contributed by atoms with Crippen LogP contribution in [0.1, 0.15) is 31.1 Å². The highest BCUT2D eigenvalue weighted by molar-refractivity contribution is 5.87. The number of aldehydes is 1. The monoisotopic (exact) mass is 269 g/mol. The Balaban J connectivity index is 2.96. The highest BCUT2D eigenvalue weighted by Crippen LogP contribution is 2.25. The molecule has 0 unspecified atom stereocenters. The summed E-state index contributed by atoms with van der Waals surface area (Å²) in [4.78, 5) is 22.3. The van der Waals surface area contributed by atoms with Crippen molar-refractivity contribution in [2.24, 2.45) is 0 Å². The summed E-state index contributed by atoms with van der Waals surface area (Å²) in [5, 5.41) is 2.41. The van der Waals surface area contributed by atoms with E-state index < -0.39 is 17.5 Å². The van der Waals surface area contributed by atoms with E-state index in [4.69, 9.17) is 9.47 Å². The molecule has 0 fully saturated rings. The highest BCUT2D eigenvalue weighted by atomic mass is 19.1. The van der Waals surface area contributed by atoms with Crippen molar-refractivity contribution in [3.05, 3.63) is 23.5 Å². The molecular weight excluding hydrogens is 253 g/mol. The van der Waals surface area contributed by atoms with Crippen LogP contribution in [0.15, 0.2) is 12.1 Å². The number of hydrogen-bond acceptors (Lipinski definition) is 4. The van der Waals surface area contributed by atoms with Gasteiger partial charge in [0.2, 0.25) is 0 Å². The largest absolute Gasteiger partial charge is 0.494 e. The predicted octanol–water partition coefficient (Wildman–Crippen LogP) is 2.99. The lowest BCUT2D eigenvalue weighted by molar-refractivity contribution is 0.0635. The quantitative estimate of drug-likeness (QED) is 0.857. The van der Waals surface area contributed by atoms with E-state index in [1.54, 1.807) is 20.8 Å². The molecule has 6 heteroatoms. The Labute approximate surface area is 110 Å². The molecule has 1 rings (SSSR count). The van der Waals surface area contributed by atoms with Gasteiger partial charge in [-0.3, -0.25) is 10.1 Å². The first kappa shape index (κ1) is 14.9. The van der Waals surface area contributed by atoms with Crippen LogP contribution in [0.25, 0.3) is 0 Å². The summed E-state index contributed by atoms with van der Waals surface area (Å²) in [6.07, 6.45) is -0.351. The highest BCUT2D eigenvalue weighted by Gasteiger charge is 2.18. The maximum Gasteiger partial charge on any atom is 0.412 e. The van der Waals surface area contributed by atoms with Gasteiger partial charge in [-0.15, -0.1) is 0 Å². The van der Waals surface area contributed by atoms with Gasteiger partial charge in [0.1, 0.15) is 5.60 Å². The zero-order valence-electron chi connectivity index (χ0n) is 11.2. The second kappa shape index (κ2) is 5.69. The number of benzene rings is 1. The van der Waals surface area contributed by atoms with Gasteiger partial charge in [0.25, 0.3) is 0 Å². The number of carbonyl (C=O) groups is 2. The average Bonchev–Trinajstić information content (AvgIpc) is 2.28. The predicted molar refractivity (Wildman–Crippen MR) is 68.2 cm³/mol. The van der Waals surface area contributed by atoms with Crippen LogP contribution in [-0.4, -0.2) is 25.1 Å². The van der Waals surface area contributed by atoms with Crippen molar-refractivity contribution in [2.45, 2.75) is 26.4 Å². The van der Waals surface area contributed by atoms with Gasteiger partial charge in [0.15, 0.2) is 17.9 Å². The molecule has 104 valence electrons. The Kier molecular flexibility index (Phi) is 4.47. The van der Waals surface area contributed by atoms with E-state index in [-0.39, 0.29) is 17.0 Å². The minimum Gasteiger partial charge on any atom is -0.494 e. The normalized spacial score (nSPS) is 10.8. The van der Waals surface area contributed by atoms with Gasteiger partial charge in [-0.2, -0.15) is 0 Å². The Morgan fingerprint density at radius 2 is 2.00 bits per heavy atom. The Hall–Kier alpha value is -2.11. The Bertz CT molecular complexity index is 494. The number of anilines is 1. The van der Waals surface area contributed by atoms with E-state index >= 15 is 0 Å². The van der Waals surface area contributed by atoms with Crippen LogP contribution in [0.4, 0.5) is 14.9 Å². The molecule has 0 saturated heterocycles. The van der Waals surface area contributed by atoms with Gasteiger partial charge in [0, 0.05) is 11.8 Å². The van der Waals surface area contributed by atoms with Crippen molar-refractivity contribution in [3.63, 3.8) is 0 Å². The molecule has 0 radical (unpaired) electrons. The van der Waals surface area contributed by atoms with E-state index in [0.717, 1.165) is 0 Å². The Morgan fingerprint density at radius 3 is 2.47 bits per heavy atom. The van der Waals surface area contributed by atoms with Crippen LogP contribution in [0, 0.1) is 5.82 Å². The Morgan fingerprint density at radius 1 is 1.37 bits per heavy atom. The summed E-state index contributed by atoms with van der Waals surface area (Å²) < 4.78 is 23.4. The van der Waals surface area contributed by atoms with Crippen molar-refractivity contribution in [2.75, 3.05) is 12.4 Å². The summed E-state index contributed by atoms with van der Waals surface area (Å²) in [6, 6.07) is 2.47. The number of carbonyl (C=O) groups excluding carboxylic acids is 2. The fourth-order valence-electron chi connectivity index (χ4n) is 1.35. The van der Waals surface area contributed by atoms with Gasteiger partial charge in [-0.05, 0) is 26.8 Å². The number of halogens is 1. The van der Waals surface area contributed by atoms with Crippen LogP contribution in [0.3, 0.4) is 0 Å². The number of methoxy groups -OCH3 is 1. The second-order valence-corrected chi connectivity index (χ2v) is 4.83. The third-order valence-corrected chi connectivity index (χ3v) is 2.06. The molecule has 0 aliphatic heterocycles. The topological polar surface area (TPSA) is 64.6 Å². The molecule has 0 saturated carbocycles. The molecule has 0 aromatic heterocycles. The van der Waals surface area contributed by atoms with E-state index in [1.165, 1.54) is 19.2 Å². The number of nitrogens with one attached hydrogen (secondary N) is 1. The van der Waals surface area contributed by atoms with Crippen molar-refractivity contribution >= 4 is 18.1 Å². The van der Waals surface area contributed by atoms with Crippen LogP contribution < -0.4 is 10.1 Å². The SMILES string of the molecule is COc1cc(NC(=O)OC(C)(C)C)cc(C=O)c1F. The molecule has 19 heavy (non-hydrogen) atoms. The first-order valence-electron chi connectivity index (χ1n) is 5.59. The zero-order chi connectivity index (χ0) is 14.6. The average molecular weight is 269 g/mol. The second-order valence-electron chi connectivity index (χ2n) is 4.83. The summed E-state index contributed by atoms with van der Waals surface area (Å²) in [5.41, 5.74) is -0.637. The molecule has 0 aliphatic rings. The number of ether oxygens (including phenoxy) is 2. The van der Waals surface area contributed by atoms with Gasteiger partial charge in [0.05, 0.1) is 12.7 Å². The molecule has 0 bridgehead atoms. The molecule has 0 heterocycles. The first-order chi connectivity index (χ1) is 8.76. The molecule has 0 aliphatic carbocycles. The van der Waals surface area contributed by atoms with Gasteiger partial charge in [-0.1, -0.05) is 0 Å². The number of amides is 1. The summed E-state index contributed by atoms with van der Waals surface area (Å²) in [7, 11) is 1.27. The molecule has 1 aromatic carbocycles. The third kappa shape index (κ3) is 4.24. The summed E-state index contributed by atoms with van der Waals surface area (Å²) >= 11 is 0. The van der Waals surface area contributed by atoms with Crippen LogP contribution in [0.2, 0.25) is 0 Å². The minimum atomic E-state index is -0.771. The summed E-state index contributed by atoms with van der Waals surface area (Å²) in [6.45, 7) is 5.15. The lowest BCUT2D eigenvalue weighted by Crippen LogP contribution is -2.27.